The lowest BCUT2D eigenvalue weighted by Crippen LogP contribution is -2.40. The molecule has 3 aromatic rings. The predicted molar refractivity (Wildman–Crippen MR) is 126 cm³/mol. The van der Waals surface area contributed by atoms with Crippen molar-refractivity contribution in [3.63, 3.8) is 0 Å². The number of nitrogens with one attached hydrogen (secondary N) is 1. The minimum atomic E-state index is -0.209. The van der Waals surface area contributed by atoms with Crippen molar-refractivity contribution in [2.75, 3.05) is 13.1 Å². The van der Waals surface area contributed by atoms with E-state index in [9.17, 15) is 4.79 Å². The molecule has 7 heteroatoms. The monoisotopic (exact) mass is 439 g/mol. The van der Waals surface area contributed by atoms with Gasteiger partial charge in [-0.2, -0.15) is 5.10 Å². The third-order valence-corrected chi connectivity index (χ3v) is 6.81. The molecule has 0 saturated carbocycles. The molecule has 0 aliphatic carbocycles. The van der Waals surface area contributed by atoms with E-state index < -0.39 is 0 Å². The molecule has 1 fully saturated rings. The SMILES string of the molecule is Cc1nc2cc(C3CCN(Cc4cccs4)C3)nn2c(C)c1CCC(=O)NC(C)(C)C. The van der Waals surface area contributed by atoms with Crippen molar-refractivity contribution in [1.82, 2.24) is 24.8 Å². The van der Waals surface area contributed by atoms with Crippen LogP contribution in [0.4, 0.5) is 0 Å². The van der Waals surface area contributed by atoms with Crippen LogP contribution in [-0.2, 0) is 17.8 Å². The molecule has 1 aliphatic rings. The Balaban J connectivity index is 1.48. The molecular weight excluding hydrogens is 406 g/mol. The van der Waals surface area contributed by atoms with Gasteiger partial charge in [0.1, 0.15) is 0 Å². The van der Waals surface area contributed by atoms with Gasteiger partial charge in [-0.3, -0.25) is 9.69 Å². The third kappa shape index (κ3) is 5.15. The fourth-order valence-corrected chi connectivity index (χ4v) is 5.21. The Morgan fingerprint density at radius 1 is 1.32 bits per heavy atom. The number of hydrogen-bond acceptors (Lipinski definition) is 5. The van der Waals surface area contributed by atoms with E-state index in [-0.39, 0.29) is 11.4 Å². The summed E-state index contributed by atoms with van der Waals surface area (Å²) >= 11 is 1.83. The molecule has 0 spiro atoms. The minimum absolute atomic E-state index is 0.0735. The topological polar surface area (TPSA) is 62.5 Å². The van der Waals surface area contributed by atoms with Crippen LogP contribution in [-0.4, -0.2) is 44.0 Å². The van der Waals surface area contributed by atoms with E-state index in [0.717, 1.165) is 54.3 Å². The summed E-state index contributed by atoms with van der Waals surface area (Å²) in [5, 5.41) is 10.1. The first kappa shape index (κ1) is 22.0. The summed E-state index contributed by atoms with van der Waals surface area (Å²) in [6.07, 6.45) is 2.27. The average Bonchev–Trinajstić information content (AvgIpc) is 3.41. The van der Waals surface area contributed by atoms with Gasteiger partial charge in [0.15, 0.2) is 5.65 Å². The predicted octanol–water partition coefficient (Wildman–Crippen LogP) is 4.24. The lowest BCUT2D eigenvalue weighted by Gasteiger charge is -2.20. The Morgan fingerprint density at radius 3 is 2.84 bits per heavy atom. The normalized spacial score (nSPS) is 17.5. The van der Waals surface area contributed by atoms with Crippen LogP contribution in [0.3, 0.4) is 0 Å². The molecule has 166 valence electrons. The zero-order chi connectivity index (χ0) is 22.2. The summed E-state index contributed by atoms with van der Waals surface area (Å²) < 4.78 is 1.97. The van der Waals surface area contributed by atoms with Gasteiger partial charge in [0.05, 0.1) is 5.69 Å². The van der Waals surface area contributed by atoms with Crippen molar-refractivity contribution >= 4 is 22.9 Å². The van der Waals surface area contributed by atoms with E-state index in [1.54, 1.807) is 0 Å². The van der Waals surface area contributed by atoms with Gasteiger partial charge in [-0.25, -0.2) is 9.50 Å². The Morgan fingerprint density at radius 2 is 2.13 bits per heavy atom. The number of likely N-dealkylation sites (tertiary alicyclic amines) is 1. The molecule has 1 saturated heterocycles. The van der Waals surface area contributed by atoms with E-state index in [4.69, 9.17) is 10.1 Å². The molecule has 0 bridgehead atoms. The van der Waals surface area contributed by atoms with Gasteiger partial charge >= 0.3 is 0 Å². The number of rotatable bonds is 6. The Labute approximate surface area is 188 Å². The standard InChI is InChI=1S/C24H33N5OS/c1-16-20(8-9-23(30)26-24(3,4)5)17(2)29-22(25-16)13-21(27-29)18-10-11-28(14-18)15-19-7-6-12-31-19/h6-7,12-13,18H,8-11,14-15H2,1-5H3,(H,26,30). The smallest absolute Gasteiger partial charge is 0.220 e. The quantitative estimate of drug-likeness (QED) is 0.624. The van der Waals surface area contributed by atoms with E-state index in [1.807, 2.05) is 43.5 Å². The number of aromatic nitrogens is 3. The van der Waals surface area contributed by atoms with Gasteiger partial charge in [0.2, 0.25) is 5.91 Å². The second-order valence-electron chi connectivity index (χ2n) is 9.70. The number of aryl methyl sites for hydroxylation is 2. The van der Waals surface area contributed by atoms with Gasteiger partial charge < -0.3 is 5.32 Å². The van der Waals surface area contributed by atoms with Crippen molar-refractivity contribution < 1.29 is 4.79 Å². The summed E-state index contributed by atoms with van der Waals surface area (Å²) in [7, 11) is 0. The third-order valence-electron chi connectivity index (χ3n) is 5.95. The maximum absolute atomic E-state index is 12.3. The number of carbonyl (C=O) groups excluding carboxylic acids is 1. The zero-order valence-corrected chi connectivity index (χ0v) is 20.1. The van der Waals surface area contributed by atoms with Gasteiger partial charge in [-0.15, -0.1) is 11.3 Å². The summed E-state index contributed by atoms with van der Waals surface area (Å²) in [6, 6.07) is 6.48. The molecular formula is C24H33N5OS. The number of nitrogens with zero attached hydrogens (tertiary/aromatic N) is 4. The highest BCUT2D eigenvalue weighted by atomic mass is 32.1. The number of amides is 1. The van der Waals surface area contributed by atoms with Gasteiger partial charge in [-0.05, 0) is 71.0 Å². The van der Waals surface area contributed by atoms with Crippen LogP contribution < -0.4 is 5.32 Å². The molecule has 4 rings (SSSR count). The highest BCUT2D eigenvalue weighted by molar-refractivity contribution is 7.09. The number of fused-ring (bicyclic) bond motifs is 1. The number of carbonyl (C=O) groups is 1. The molecule has 31 heavy (non-hydrogen) atoms. The van der Waals surface area contributed by atoms with Gasteiger partial charge in [-0.1, -0.05) is 6.07 Å². The second-order valence-corrected chi connectivity index (χ2v) is 10.7. The van der Waals surface area contributed by atoms with Crippen LogP contribution in [0.1, 0.15) is 67.1 Å². The van der Waals surface area contributed by atoms with Crippen molar-refractivity contribution in [1.29, 1.82) is 0 Å². The highest BCUT2D eigenvalue weighted by Crippen LogP contribution is 2.29. The Kier molecular flexibility index (Phi) is 6.17. The zero-order valence-electron chi connectivity index (χ0n) is 19.2. The van der Waals surface area contributed by atoms with Crippen LogP contribution in [0.15, 0.2) is 23.6 Å². The van der Waals surface area contributed by atoms with Gasteiger partial charge in [0.25, 0.3) is 0 Å². The fourth-order valence-electron chi connectivity index (χ4n) is 4.47. The molecule has 4 heterocycles. The Hall–Kier alpha value is -2.25. The van der Waals surface area contributed by atoms with Crippen LogP contribution in [0.25, 0.3) is 5.65 Å². The number of hydrogen-bond donors (Lipinski definition) is 1. The van der Waals surface area contributed by atoms with E-state index in [2.05, 4.69) is 40.7 Å². The van der Waals surface area contributed by atoms with E-state index >= 15 is 0 Å². The van der Waals surface area contributed by atoms with Crippen molar-refractivity contribution in [3.05, 3.63) is 51.1 Å². The summed E-state index contributed by atoms with van der Waals surface area (Å²) in [6.45, 7) is 13.3. The second kappa shape index (κ2) is 8.71. The molecule has 1 atom stereocenters. The lowest BCUT2D eigenvalue weighted by molar-refractivity contribution is -0.122. The van der Waals surface area contributed by atoms with Crippen LogP contribution in [0, 0.1) is 13.8 Å². The summed E-state index contributed by atoms with van der Waals surface area (Å²) in [5.41, 5.74) is 5.03. The maximum atomic E-state index is 12.3. The van der Waals surface area contributed by atoms with Crippen LogP contribution >= 0.6 is 11.3 Å². The molecule has 6 nitrogen and oxygen atoms in total. The largest absolute Gasteiger partial charge is 0.351 e. The first-order valence-corrected chi connectivity index (χ1v) is 12.0. The molecule has 3 aromatic heterocycles. The lowest BCUT2D eigenvalue weighted by atomic mass is 10.0. The molecule has 0 radical (unpaired) electrons. The number of thiophene rings is 1. The van der Waals surface area contributed by atoms with Crippen molar-refractivity contribution in [2.24, 2.45) is 0 Å². The minimum Gasteiger partial charge on any atom is -0.351 e. The highest BCUT2D eigenvalue weighted by Gasteiger charge is 2.27. The van der Waals surface area contributed by atoms with Crippen LogP contribution in [0.5, 0.6) is 0 Å². The average molecular weight is 440 g/mol. The maximum Gasteiger partial charge on any atom is 0.220 e. The van der Waals surface area contributed by atoms with E-state index in [1.165, 1.54) is 4.88 Å². The molecule has 1 amide bonds. The molecule has 1 aliphatic heterocycles. The molecule has 1 unspecified atom stereocenters. The first-order chi connectivity index (χ1) is 14.7. The van der Waals surface area contributed by atoms with Crippen molar-refractivity contribution in [3.8, 4) is 0 Å². The molecule has 0 aromatic carbocycles. The van der Waals surface area contributed by atoms with Gasteiger partial charge in [0, 0.05) is 53.3 Å². The molecule has 1 N–H and O–H groups in total. The van der Waals surface area contributed by atoms with E-state index in [0.29, 0.717) is 18.8 Å². The summed E-state index contributed by atoms with van der Waals surface area (Å²) in [5.74, 6) is 0.520. The van der Waals surface area contributed by atoms with Crippen molar-refractivity contribution in [2.45, 2.75) is 71.9 Å². The summed E-state index contributed by atoms with van der Waals surface area (Å²) in [4.78, 5) is 21.0. The fraction of sp³-hybridized carbons (Fsp3) is 0.542. The Bertz CT molecular complexity index is 1060. The first-order valence-electron chi connectivity index (χ1n) is 11.1. The van der Waals surface area contributed by atoms with Crippen LogP contribution in [0.2, 0.25) is 0 Å².